The van der Waals surface area contributed by atoms with Gasteiger partial charge >= 0.3 is 0 Å². The van der Waals surface area contributed by atoms with Gasteiger partial charge in [-0.05, 0) is 30.9 Å². The van der Waals surface area contributed by atoms with Crippen LogP contribution in [0.15, 0.2) is 24.3 Å². The fourth-order valence-electron chi connectivity index (χ4n) is 2.28. The Hall–Kier alpha value is -0.603. The molecular formula is C16H27NSi. The summed E-state index contributed by atoms with van der Waals surface area (Å²) in [6.45, 7) is 9.40. The van der Waals surface area contributed by atoms with E-state index in [1.54, 1.807) is 5.19 Å². The average molecular weight is 261 g/mol. The quantitative estimate of drug-likeness (QED) is 0.585. The Balaban J connectivity index is 1.69. The molecule has 0 unspecified atom stereocenters. The molecule has 1 saturated carbocycles. The van der Waals surface area contributed by atoms with Crippen LogP contribution in [0, 0.1) is 5.92 Å². The lowest BCUT2D eigenvalue weighted by Crippen LogP contribution is -2.37. The van der Waals surface area contributed by atoms with Crippen LogP contribution in [0.4, 0.5) is 0 Å². The number of hydrogen-bond acceptors (Lipinski definition) is 1. The first-order valence-electron chi connectivity index (χ1n) is 7.36. The summed E-state index contributed by atoms with van der Waals surface area (Å²) in [5, 5.41) is 5.11. The summed E-state index contributed by atoms with van der Waals surface area (Å²) < 4.78 is 0. The Morgan fingerprint density at radius 2 is 1.78 bits per heavy atom. The Bertz CT molecular complexity index is 360. The second-order valence-electron chi connectivity index (χ2n) is 6.71. The van der Waals surface area contributed by atoms with E-state index in [-0.39, 0.29) is 0 Å². The molecule has 1 aliphatic carbocycles. The lowest BCUT2D eigenvalue weighted by atomic mass is 10.2. The largest absolute Gasteiger partial charge is 0.313 e. The predicted molar refractivity (Wildman–Crippen MR) is 83.1 cm³/mol. The Morgan fingerprint density at radius 1 is 1.11 bits per heavy atom. The van der Waals surface area contributed by atoms with Gasteiger partial charge in [-0.3, -0.25) is 0 Å². The summed E-state index contributed by atoms with van der Waals surface area (Å²) in [4.78, 5) is 0. The molecule has 0 bridgehead atoms. The second-order valence-corrected chi connectivity index (χ2v) is 11.8. The molecular weight excluding hydrogens is 234 g/mol. The van der Waals surface area contributed by atoms with Gasteiger partial charge in [0.15, 0.2) is 0 Å². The van der Waals surface area contributed by atoms with Crippen LogP contribution >= 0.6 is 0 Å². The van der Waals surface area contributed by atoms with Crippen LogP contribution in [0.1, 0.15) is 31.2 Å². The van der Waals surface area contributed by atoms with E-state index in [1.165, 1.54) is 37.8 Å². The topological polar surface area (TPSA) is 12.0 Å². The lowest BCUT2D eigenvalue weighted by molar-refractivity contribution is 0.594. The Labute approximate surface area is 113 Å². The number of nitrogens with one attached hydrogen (secondary N) is 1. The fourth-order valence-corrected chi connectivity index (χ4v) is 3.44. The standard InChI is InChI=1S/C16H27NSi/c1-18(2,3)16-10-8-15(9-11-16)13-17-12-4-5-14-6-7-14/h8-11,14,17H,4-7,12-13H2,1-3H3. The van der Waals surface area contributed by atoms with E-state index in [0.717, 1.165) is 12.5 Å². The highest BCUT2D eigenvalue weighted by atomic mass is 28.3. The van der Waals surface area contributed by atoms with Crippen LogP contribution in [0.5, 0.6) is 0 Å². The van der Waals surface area contributed by atoms with Gasteiger partial charge in [-0.1, -0.05) is 61.9 Å². The second kappa shape index (κ2) is 6.03. The van der Waals surface area contributed by atoms with E-state index in [1.807, 2.05) is 0 Å². The van der Waals surface area contributed by atoms with Crippen molar-refractivity contribution in [1.82, 2.24) is 5.32 Å². The first kappa shape index (κ1) is 13.8. The van der Waals surface area contributed by atoms with Crippen molar-refractivity contribution in [2.45, 2.75) is 51.9 Å². The van der Waals surface area contributed by atoms with E-state index in [4.69, 9.17) is 0 Å². The number of rotatable bonds is 7. The summed E-state index contributed by atoms with van der Waals surface area (Å²) in [5.41, 5.74) is 1.42. The van der Waals surface area contributed by atoms with Gasteiger partial charge in [0.25, 0.3) is 0 Å². The average Bonchev–Trinajstić information content (AvgIpc) is 3.12. The van der Waals surface area contributed by atoms with Gasteiger partial charge in [0.05, 0.1) is 8.07 Å². The van der Waals surface area contributed by atoms with Gasteiger partial charge in [-0.2, -0.15) is 0 Å². The predicted octanol–water partition coefficient (Wildman–Crippen LogP) is 3.51. The molecule has 1 aromatic rings. The van der Waals surface area contributed by atoms with Crippen molar-refractivity contribution in [3.63, 3.8) is 0 Å². The molecule has 0 aromatic heterocycles. The first-order valence-corrected chi connectivity index (χ1v) is 10.9. The number of benzene rings is 1. The molecule has 100 valence electrons. The van der Waals surface area contributed by atoms with E-state index < -0.39 is 8.07 Å². The minimum absolute atomic E-state index is 1.02. The molecule has 0 aliphatic heterocycles. The molecule has 1 nitrogen and oxygen atoms in total. The maximum absolute atomic E-state index is 3.55. The van der Waals surface area contributed by atoms with Crippen molar-refractivity contribution in [3.05, 3.63) is 29.8 Å². The zero-order valence-electron chi connectivity index (χ0n) is 12.1. The minimum atomic E-state index is -1.13. The van der Waals surface area contributed by atoms with Gasteiger partial charge in [-0.15, -0.1) is 0 Å². The van der Waals surface area contributed by atoms with Crippen molar-refractivity contribution in [1.29, 1.82) is 0 Å². The minimum Gasteiger partial charge on any atom is -0.313 e. The van der Waals surface area contributed by atoms with E-state index in [0.29, 0.717) is 0 Å². The maximum Gasteiger partial charge on any atom is 0.0775 e. The van der Waals surface area contributed by atoms with Crippen LogP contribution in [-0.2, 0) is 6.54 Å². The van der Waals surface area contributed by atoms with E-state index in [2.05, 4.69) is 49.2 Å². The van der Waals surface area contributed by atoms with Crippen molar-refractivity contribution >= 4 is 13.3 Å². The van der Waals surface area contributed by atoms with Crippen LogP contribution < -0.4 is 10.5 Å². The van der Waals surface area contributed by atoms with Gasteiger partial charge in [0.1, 0.15) is 0 Å². The van der Waals surface area contributed by atoms with Gasteiger partial charge < -0.3 is 5.32 Å². The highest BCUT2D eigenvalue weighted by molar-refractivity contribution is 6.88. The molecule has 0 amide bonds. The van der Waals surface area contributed by atoms with Gasteiger partial charge in [0, 0.05) is 6.54 Å². The smallest absolute Gasteiger partial charge is 0.0775 e. The first-order chi connectivity index (χ1) is 8.55. The van der Waals surface area contributed by atoms with E-state index >= 15 is 0 Å². The van der Waals surface area contributed by atoms with Crippen molar-refractivity contribution in [3.8, 4) is 0 Å². The highest BCUT2D eigenvalue weighted by Crippen LogP contribution is 2.33. The zero-order valence-corrected chi connectivity index (χ0v) is 13.1. The molecule has 2 rings (SSSR count). The molecule has 1 aliphatic rings. The third-order valence-electron chi connectivity index (χ3n) is 3.81. The molecule has 0 heterocycles. The summed E-state index contributed by atoms with van der Waals surface area (Å²) in [6.07, 6.45) is 5.75. The van der Waals surface area contributed by atoms with Crippen LogP contribution in [-0.4, -0.2) is 14.6 Å². The normalized spacial score (nSPS) is 15.9. The molecule has 18 heavy (non-hydrogen) atoms. The van der Waals surface area contributed by atoms with E-state index in [9.17, 15) is 0 Å². The molecule has 0 radical (unpaired) electrons. The third kappa shape index (κ3) is 4.58. The third-order valence-corrected chi connectivity index (χ3v) is 5.88. The van der Waals surface area contributed by atoms with Gasteiger partial charge in [0.2, 0.25) is 0 Å². The zero-order chi connectivity index (χ0) is 13.0. The summed E-state index contributed by atoms with van der Waals surface area (Å²) in [6, 6.07) is 9.24. The Kier molecular flexibility index (Phi) is 4.63. The van der Waals surface area contributed by atoms with Crippen LogP contribution in [0.3, 0.4) is 0 Å². The van der Waals surface area contributed by atoms with Gasteiger partial charge in [-0.25, -0.2) is 0 Å². The van der Waals surface area contributed by atoms with Crippen molar-refractivity contribution in [2.75, 3.05) is 6.54 Å². The molecule has 1 N–H and O–H groups in total. The molecule has 1 fully saturated rings. The summed E-state index contributed by atoms with van der Waals surface area (Å²) in [7, 11) is -1.13. The molecule has 2 heteroatoms. The summed E-state index contributed by atoms with van der Waals surface area (Å²) in [5.74, 6) is 1.07. The van der Waals surface area contributed by atoms with Crippen LogP contribution in [0.25, 0.3) is 0 Å². The molecule has 0 atom stereocenters. The number of hydrogen-bond donors (Lipinski definition) is 1. The highest BCUT2D eigenvalue weighted by Gasteiger charge is 2.19. The molecule has 0 spiro atoms. The monoisotopic (exact) mass is 261 g/mol. The maximum atomic E-state index is 3.55. The molecule has 1 aromatic carbocycles. The SMILES string of the molecule is C[Si](C)(C)c1ccc(CNCCCC2CC2)cc1. The fraction of sp³-hybridized carbons (Fsp3) is 0.625. The molecule has 0 saturated heterocycles. The summed E-state index contributed by atoms with van der Waals surface area (Å²) >= 11 is 0. The van der Waals surface area contributed by atoms with Crippen molar-refractivity contribution < 1.29 is 0 Å². The van der Waals surface area contributed by atoms with Crippen LogP contribution in [0.2, 0.25) is 19.6 Å². The lowest BCUT2D eigenvalue weighted by Gasteiger charge is -2.16. The van der Waals surface area contributed by atoms with Crippen molar-refractivity contribution in [2.24, 2.45) is 5.92 Å². The Morgan fingerprint density at radius 3 is 2.33 bits per heavy atom.